The normalized spacial score (nSPS) is 14.1. The summed E-state index contributed by atoms with van der Waals surface area (Å²) in [5.74, 6) is 0.0614. The number of methoxy groups -OCH3 is 1. The summed E-state index contributed by atoms with van der Waals surface area (Å²) in [6, 6.07) is 16.8. The molecule has 6 nitrogen and oxygen atoms in total. The highest BCUT2D eigenvalue weighted by Crippen LogP contribution is 2.32. The number of hydrogen-bond acceptors (Lipinski definition) is 3. The van der Waals surface area contributed by atoms with Crippen molar-refractivity contribution >= 4 is 23.3 Å². The van der Waals surface area contributed by atoms with E-state index in [0.717, 1.165) is 17.7 Å². The van der Waals surface area contributed by atoms with Gasteiger partial charge in [-0.15, -0.1) is 0 Å². The molecular weight excluding hydrogens is 471 g/mol. The van der Waals surface area contributed by atoms with Crippen LogP contribution in [0.2, 0.25) is 0 Å². The number of nitrogens with zero attached hydrogens (tertiary/aromatic N) is 2. The fraction of sp³-hybridized carbons (Fsp3) is 0.259. The summed E-state index contributed by atoms with van der Waals surface area (Å²) < 4.78 is 43.9. The summed E-state index contributed by atoms with van der Waals surface area (Å²) in [6.07, 6.45) is -3.74. The third-order valence-electron chi connectivity index (χ3n) is 6.01. The molecule has 188 valence electrons. The first-order chi connectivity index (χ1) is 17.2. The van der Waals surface area contributed by atoms with Crippen LogP contribution in [-0.2, 0) is 12.7 Å². The summed E-state index contributed by atoms with van der Waals surface area (Å²) in [4.78, 5) is 29.6. The number of anilines is 2. The van der Waals surface area contributed by atoms with Crippen molar-refractivity contribution in [3.05, 3.63) is 89.0 Å². The maximum absolute atomic E-state index is 13.4. The van der Waals surface area contributed by atoms with E-state index in [1.54, 1.807) is 46.2 Å². The van der Waals surface area contributed by atoms with Crippen LogP contribution in [0.15, 0.2) is 66.7 Å². The van der Waals surface area contributed by atoms with Crippen molar-refractivity contribution in [2.24, 2.45) is 0 Å². The van der Waals surface area contributed by atoms with Crippen LogP contribution in [0.1, 0.15) is 33.5 Å². The predicted molar refractivity (Wildman–Crippen MR) is 131 cm³/mol. The van der Waals surface area contributed by atoms with Gasteiger partial charge in [-0.1, -0.05) is 30.3 Å². The second kappa shape index (κ2) is 10.3. The molecule has 1 saturated heterocycles. The van der Waals surface area contributed by atoms with Crippen LogP contribution < -0.4 is 15.0 Å². The number of hydrogen-bond donors (Lipinski definition) is 1. The lowest BCUT2D eigenvalue weighted by molar-refractivity contribution is -0.137. The Morgan fingerprint density at radius 1 is 1.03 bits per heavy atom. The van der Waals surface area contributed by atoms with Crippen LogP contribution in [0.4, 0.5) is 29.3 Å². The first kappa shape index (κ1) is 25.1. The Kier molecular flexibility index (Phi) is 7.19. The fourth-order valence-corrected chi connectivity index (χ4v) is 4.18. The molecule has 3 aromatic rings. The molecule has 0 radical (unpaired) electrons. The summed E-state index contributed by atoms with van der Waals surface area (Å²) in [7, 11) is 1.49. The van der Waals surface area contributed by atoms with E-state index < -0.39 is 11.7 Å². The first-order valence-corrected chi connectivity index (χ1v) is 11.4. The smallest absolute Gasteiger partial charge is 0.416 e. The van der Waals surface area contributed by atoms with Crippen molar-refractivity contribution in [1.29, 1.82) is 0 Å². The molecule has 4 rings (SSSR count). The van der Waals surface area contributed by atoms with Crippen LogP contribution in [0, 0.1) is 6.92 Å². The Morgan fingerprint density at radius 2 is 1.75 bits per heavy atom. The summed E-state index contributed by atoms with van der Waals surface area (Å²) in [5.41, 5.74) is 2.17. The second-order valence-electron chi connectivity index (χ2n) is 8.58. The van der Waals surface area contributed by atoms with Gasteiger partial charge in [-0.2, -0.15) is 13.2 Å². The van der Waals surface area contributed by atoms with Gasteiger partial charge in [0, 0.05) is 19.6 Å². The van der Waals surface area contributed by atoms with Crippen LogP contribution >= 0.6 is 0 Å². The highest BCUT2D eigenvalue weighted by molar-refractivity contribution is 6.09. The van der Waals surface area contributed by atoms with Crippen LogP contribution in [0.5, 0.6) is 5.75 Å². The molecule has 0 aliphatic carbocycles. The van der Waals surface area contributed by atoms with Crippen molar-refractivity contribution in [1.82, 2.24) is 4.90 Å². The van der Waals surface area contributed by atoms with Crippen molar-refractivity contribution in [2.75, 3.05) is 30.4 Å². The van der Waals surface area contributed by atoms with E-state index >= 15 is 0 Å². The molecular formula is C27H26F3N3O3. The Balaban J connectivity index is 1.56. The topological polar surface area (TPSA) is 61.9 Å². The lowest BCUT2D eigenvalue weighted by atomic mass is 10.1. The molecule has 0 aromatic heterocycles. The monoisotopic (exact) mass is 497 g/mol. The SMILES string of the molecule is COc1ccccc1C(=O)Nc1cc(C)ccc1N1CCCN(Cc2ccc(C(F)(F)F)cc2)C1=O. The minimum atomic E-state index is -4.41. The van der Waals surface area contributed by atoms with Crippen molar-refractivity contribution in [3.8, 4) is 5.75 Å². The average Bonchev–Trinajstić information content (AvgIpc) is 2.85. The highest BCUT2D eigenvalue weighted by Gasteiger charge is 2.31. The quantitative estimate of drug-likeness (QED) is 0.447. The molecule has 0 atom stereocenters. The van der Waals surface area contributed by atoms with Gasteiger partial charge in [-0.25, -0.2) is 4.79 Å². The molecule has 0 spiro atoms. The fourth-order valence-electron chi connectivity index (χ4n) is 4.18. The van der Waals surface area contributed by atoms with Crippen LogP contribution in [0.25, 0.3) is 0 Å². The van der Waals surface area contributed by atoms with Crippen molar-refractivity contribution in [3.63, 3.8) is 0 Å². The van der Waals surface area contributed by atoms with Gasteiger partial charge in [0.1, 0.15) is 5.75 Å². The van der Waals surface area contributed by atoms with E-state index in [0.29, 0.717) is 47.8 Å². The molecule has 9 heteroatoms. The number of aryl methyl sites for hydroxylation is 1. The zero-order valence-corrected chi connectivity index (χ0v) is 19.9. The van der Waals surface area contributed by atoms with Crippen LogP contribution in [0.3, 0.4) is 0 Å². The minimum absolute atomic E-state index is 0.183. The number of nitrogens with one attached hydrogen (secondary N) is 1. The van der Waals surface area contributed by atoms with E-state index in [1.165, 1.54) is 19.2 Å². The number of alkyl halides is 3. The van der Waals surface area contributed by atoms with Gasteiger partial charge in [0.05, 0.1) is 29.6 Å². The van der Waals surface area contributed by atoms with Gasteiger partial charge >= 0.3 is 12.2 Å². The first-order valence-electron chi connectivity index (χ1n) is 11.4. The van der Waals surface area contributed by atoms with Gasteiger partial charge in [0.2, 0.25) is 0 Å². The molecule has 0 unspecified atom stereocenters. The van der Waals surface area contributed by atoms with E-state index in [2.05, 4.69) is 5.32 Å². The maximum Gasteiger partial charge on any atom is 0.416 e. The summed E-state index contributed by atoms with van der Waals surface area (Å²) in [5, 5.41) is 2.91. The van der Waals surface area contributed by atoms with E-state index in [1.807, 2.05) is 13.0 Å². The Morgan fingerprint density at radius 3 is 2.44 bits per heavy atom. The molecule has 1 heterocycles. The standard InChI is InChI=1S/C27H26F3N3O3/c1-18-8-13-23(22(16-18)31-25(34)21-6-3-4-7-24(21)36-2)33-15-5-14-32(26(33)35)17-19-9-11-20(12-10-19)27(28,29)30/h3-4,6-13,16H,5,14-15,17H2,1-2H3,(H,31,34). The maximum atomic E-state index is 13.4. The Hall–Kier alpha value is -4.01. The molecule has 3 aromatic carbocycles. The third kappa shape index (κ3) is 5.45. The van der Waals surface area contributed by atoms with Gasteiger partial charge in [0.15, 0.2) is 0 Å². The average molecular weight is 498 g/mol. The van der Waals surface area contributed by atoms with Crippen LogP contribution in [-0.4, -0.2) is 37.0 Å². The molecule has 0 saturated carbocycles. The Labute approximate surface area is 207 Å². The van der Waals surface area contributed by atoms with Crippen molar-refractivity contribution < 1.29 is 27.5 Å². The van der Waals surface area contributed by atoms with Gasteiger partial charge in [0.25, 0.3) is 5.91 Å². The number of rotatable bonds is 6. The predicted octanol–water partition coefficient (Wildman–Crippen LogP) is 6.11. The number of amides is 3. The molecule has 0 bridgehead atoms. The summed E-state index contributed by atoms with van der Waals surface area (Å²) in [6.45, 7) is 2.99. The molecule has 1 aliphatic heterocycles. The number of para-hydroxylation sites is 1. The van der Waals surface area contributed by atoms with E-state index in [-0.39, 0.29) is 18.5 Å². The largest absolute Gasteiger partial charge is 0.496 e. The zero-order chi connectivity index (χ0) is 25.9. The van der Waals surface area contributed by atoms with Gasteiger partial charge < -0.3 is 15.0 Å². The number of carbonyl (C=O) groups is 2. The molecule has 1 N–H and O–H groups in total. The number of ether oxygens (including phenoxy) is 1. The van der Waals surface area contributed by atoms with E-state index in [9.17, 15) is 22.8 Å². The number of halogens is 3. The highest BCUT2D eigenvalue weighted by atomic mass is 19.4. The van der Waals surface area contributed by atoms with Crippen molar-refractivity contribution in [2.45, 2.75) is 26.1 Å². The lowest BCUT2D eigenvalue weighted by Gasteiger charge is -2.36. The third-order valence-corrected chi connectivity index (χ3v) is 6.01. The molecule has 1 fully saturated rings. The van der Waals surface area contributed by atoms with Gasteiger partial charge in [-0.05, 0) is 60.9 Å². The van der Waals surface area contributed by atoms with E-state index in [4.69, 9.17) is 4.74 Å². The second-order valence-corrected chi connectivity index (χ2v) is 8.58. The number of urea groups is 1. The Bertz CT molecular complexity index is 1260. The molecule has 3 amide bonds. The molecule has 36 heavy (non-hydrogen) atoms. The lowest BCUT2D eigenvalue weighted by Crippen LogP contribution is -2.49. The van der Waals surface area contributed by atoms with Gasteiger partial charge in [-0.3, -0.25) is 9.69 Å². The number of carbonyl (C=O) groups excluding carboxylic acids is 2. The summed E-state index contributed by atoms with van der Waals surface area (Å²) >= 11 is 0. The molecule has 1 aliphatic rings. The number of benzene rings is 3. The zero-order valence-electron chi connectivity index (χ0n) is 19.9. The minimum Gasteiger partial charge on any atom is -0.496 e.